The van der Waals surface area contributed by atoms with E-state index in [1.54, 1.807) is 30.3 Å². The Hall–Kier alpha value is -3.36. The lowest BCUT2D eigenvalue weighted by Crippen LogP contribution is -2.36. The maximum absolute atomic E-state index is 13.2. The van der Waals surface area contributed by atoms with Crippen LogP contribution in [0.15, 0.2) is 72.8 Å². The van der Waals surface area contributed by atoms with Crippen LogP contribution in [0.2, 0.25) is 0 Å². The molecule has 3 N–H and O–H groups in total. The molecule has 3 aromatic rings. The summed E-state index contributed by atoms with van der Waals surface area (Å²) in [4.78, 5) is 13.2. The number of hydrogen-bond donors (Lipinski definition) is 3. The van der Waals surface area contributed by atoms with Gasteiger partial charge >= 0.3 is 10.4 Å². The lowest BCUT2D eigenvalue weighted by molar-refractivity contribution is -0.118. The minimum atomic E-state index is -4.65. The molecule has 142 valence electrons. The first kappa shape index (κ1) is 18.0. The number of para-hydroxylation sites is 1. The predicted molar refractivity (Wildman–Crippen MR) is 102 cm³/mol. The van der Waals surface area contributed by atoms with Gasteiger partial charge in [-0.25, -0.2) is 0 Å². The van der Waals surface area contributed by atoms with Crippen molar-refractivity contribution in [2.24, 2.45) is 0 Å². The van der Waals surface area contributed by atoms with E-state index < -0.39 is 15.8 Å². The molecule has 7 nitrogen and oxygen atoms in total. The van der Waals surface area contributed by atoms with Crippen LogP contribution >= 0.6 is 0 Å². The molecule has 0 aromatic heterocycles. The van der Waals surface area contributed by atoms with Gasteiger partial charge in [0.25, 0.3) is 0 Å². The van der Waals surface area contributed by atoms with Crippen LogP contribution in [0.5, 0.6) is 11.5 Å². The monoisotopic (exact) mass is 397 g/mol. The highest BCUT2D eigenvalue weighted by Gasteiger charge is 2.49. The number of anilines is 1. The molecule has 1 aliphatic rings. The average Bonchev–Trinajstić information content (AvgIpc) is 2.94. The zero-order valence-electron chi connectivity index (χ0n) is 14.4. The van der Waals surface area contributed by atoms with Crippen molar-refractivity contribution in [3.8, 4) is 11.5 Å². The van der Waals surface area contributed by atoms with E-state index in [2.05, 4.69) is 9.50 Å². The van der Waals surface area contributed by atoms with E-state index in [0.29, 0.717) is 16.8 Å². The molecule has 1 heterocycles. The summed E-state index contributed by atoms with van der Waals surface area (Å²) in [5.41, 5.74) is 1.41. The molecule has 0 bridgehead atoms. The van der Waals surface area contributed by atoms with Crippen LogP contribution in [0.25, 0.3) is 0 Å². The van der Waals surface area contributed by atoms with Crippen molar-refractivity contribution >= 4 is 22.0 Å². The molecule has 0 saturated carbocycles. The molecule has 8 heteroatoms. The first-order chi connectivity index (χ1) is 13.3. The summed E-state index contributed by atoms with van der Waals surface area (Å²) in [7, 11) is -4.65. The highest BCUT2D eigenvalue weighted by molar-refractivity contribution is 7.81. The fraction of sp³-hybridized carbons (Fsp3) is 0.0500. The second-order valence-electron chi connectivity index (χ2n) is 6.33. The second kappa shape index (κ2) is 6.36. The Kier molecular flexibility index (Phi) is 4.10. The highest BCUT2D eigenvalue weighted by atomic mass is 32.3. The van der Waals surface area contributed by atoms with Crippen molar-refractivity contribution in [1.82, 2.24) is 0 Å². The van der Waals surface area contributed by atoms with E-state index in [9.17, 15) is 18.3 Å². The van der Waals surface area contributed by atoms with Gasteiger partial charge in [0.2, 0.25) is 5.91 Å². The third-order valence-corrected chi connectivity index (χ3v) is 5.11. The van der Waals surface area contributed by atoms with Gasteiger partial charge in [0, 0.05) is 11.3 Å². The summed E-state index contributed by atoms with van der Waals surface area (Å²) in [6, 6.07) is 19.5. The molecule has 0 aliphatic carbocycles. The molecular formula is C20H15NO6S. The number of carbonyl (C=O) groups excluding carboxylic acids is 1. The summed E-state index contributed by atoms with van der Waals surface area (Å²) < 4.78 is 35.1. The molecule has 1 unspecified atom stereocenters. The normalized spacial score (nSPS) is 18.4. The molecule has 1 aliphatic heterocycles. The number of carbonyl (C=O) groups is 1. The zero-order valence-corrected chi connectivity index (χ0v) is 15.2. The van der Waals surface area contributed by atoms with E-state index in [1.807, 2.05) is 18.2 Å². The quantitative estimate of drug-likeness (QED) is 0.584. The van der Waals surface area contributed by atoms with Crippen molar-refractivity contribution in [2.75, 3.05) is 5.32 Å². The summed E-state index contributed by atoms with van der Waals surface area (Å²) in [5.74, 6) is -0.288. The van der Waals surface area contributed by atoms with Crippen molar-refractivity contribution in [1.29, 1.82) is 0 Å². The Morgan fingerprint density at radius 3 is 2.04 bits per heavy atom. The van der Waals surface area contributed by atoms with Gasteiger partial charge in [0.1, 0.15) is 16.9 Å². The summed E-state index contributed by atoms with van der Waals surface area (Å²) >= 11 is 0. The van der Waals surface area contributed by atoms with Crippen LogP contribution in [0.4, 0.5) is 5.69 Å². The Morgan fingerprint density at radius 1 is 0.857 bits per heavy atom. The fourth-order valence-electron chi connectivity index (χ4n) is 3.59. The van der Waals surface area contributed by atoms with Gasteiger partial charge in [-0.1, -0.05) is 42.5 Å². The van der Waals surface area contributed by atoms with Gasteiger partial charge < -0.3 is 14.6 Å². The Bertz CT molecular complexity index is 1160. The van der Waals surface area contributed by atoms with Crippen molar-refractivity contribution in [3.05, 3.63) is 89.5 Å². The Morgan fingerprint density at radius 2 is 1.43 bits per heavy atom. The number of fused-ring (bicyclic) bond motifs is 1. The largest absolute Gasteiger partial charge is 0.508 e. The summed E-state index contributed by atoms with van der Waals surface area (Å²) in [6.07, 6.45) is 0. The SMILES string of the molecule is O=C1Nc2ccccc2C1(c1ccc(O)cc1)c1ccc(OS(=O)(=O)O)cc1. The molecule has 1 amide bonds. The second-order valence-corrected chi connectivity index (χ2v) is 7.35. The molecule has 1 atom stereocenters. The highest BCUT2D eigenvalue weighted by Crippen LogP contribution is 2.48. The molecular weight excluding hydrogens is 382 g/mol. The number of amides is 1. The van der Waals surface area contributed by atoms with Crippen molar-refractivity contribution in [3.63, 3.8) is 0 Å². The molecule has 0 radical (unpaired) electrons. The number of aromatic hydroxyl groups is 1. The van der Waals surface area contributed by atoms with Crippen LogP contribution in [-0.4, -0.2) is 24.0 Å². The lowest BCUT2D eigenvalue weighted by Gasteiger charge is -2.29. The summed E-state index contributed by atoms with van der Waals surface area (Å²) in [5, 5.41) is 12.5. The van der Waals surface area contributed by atoms with Gasteiger partial charge in [-0.15, -0.1) is 0 Å². The first-order valence-corrected chi connectivity index (χ1v) is 9.65. The standard InChI is InChI=1S/C20H15NO6S/c22-15-9-5-13(6-10-15)20(17-3-1-2-4-18(17)21-19(20)23)14-7-11-16(12-8-14)27-28(24,25)26/h1-12,22H,(H,21,23)(H,24,25,26). The lowest BCUT2D eigenvalue weighted by atomic mass is 9.70. The van der Waals surface area contributed by atoms with Crippen LogP contribution in [0, 0.1) is 0 Å². The molecule has 0 fully saturated rings. The third kappa shape index (κ3) is 2.88. The van der Waals surface area contributed by atoms with Crippen LogP contribution in [0.3, 0.4) is 0 Å². The number of phenols is 1. The molecule has 0 saturated heterocycles. The van der Waals surface area contributed by atoms with E-state index >= 15 is 0 Å². The van der Waals surface area contributed by atoms with Gasteiger partial charge in [-0.05, 0) is 41.5 Å². The average molecular weight is 397 g/mol. The maximum atomic E-state index is 13.2. The number of hydrogen-bond acceptors (Lipinski definition) is 5. The minimum absolute atomic E-state index is 0.0718. The van der Waals surface area contributed by atoms with E-state index in [0.717, 1.165) is 5.56 Å². The minimum Gasteiger partial charge on any atom is -0.508 e. The number of rotatable bonds is 4. The van der Waals surface area contributed by atoms with E-state index in [1.165, 1.54) is 24.3 Å². The van der Waals surface area contributed by atoms with E-state index in [-0.39, 0.29) is 17.4 Å². The van der Waals surface area contributed by atoms with Crippen LogP contribution < -0.4 is 9.50 Å². The molecule has 28 heavy (non-hydrogen) atoms. The molecule has 3 aromatic carbocycles. The van der Waals surface area contributed by atoms with Gasteiger partial charge in [0.15, 0.2) is 0 Å². The molecule has 4 rings (SSSR count). The van der Waals surface area contributed by atoms with Gasteiger partial charge in [-0.3, -0.25) is 9.35 Å². The number of phenolic OH excluding ortho intramolecular Hbond substituents is 1. The zero-order chi connectivity index (χ0) is 19.9. The van der Waals surface area contributed by atoms with Crippen LogP contribution in [0.1, 0.15) is 16.7 Å². The third-order valence-electron chi connectivity index (χ3n) is 4.71. The first-order valence-electron chi connectivity index (χ1n) is 8.28. The topological polar surface area (TPSA) is 113 Å². The summed E-state index contributed by atoms with van der Waals surface area (Å²) in [6.45, 7) is 0. The van der Waals surface area contributed by atoms with Crippen molar-refractivity contribution in [2.45, 2.75) is 5.41 Å². The van der Waals surface area contributed by atoms with Gasteiger partial charge in [0.05, 0.1) is 0 Å². The maximum Gasteiger partial charge on any atom is 0.446 e. The molecule has 0 spiro atoms. The fourth-order valence-corrected chi connectivity index (χ4v) is 3.95. The Labute approximate surface area is 161 Å². The predicted octanol–water partition coefficient (Wildman–Crippen LogP) is 2.86. The smallest absolute Gasteiger partial charge is 0.446 e. The van der Waals surface area contributed by atoms with Crippen molar-refractivity contribution < 1.29 is 27.1 Å². The Balaban J connectivity index is 1.93. The number of benzene rings is 3. The van der Waals surface area contributed by atoms with Crippen LogP contribution in [-0.2, 0) is 20.6 Å². The number of nitrogens with one attached hydrogen (secondary N) is 1. The van der Waals surface area contributed by atoms with Gasteiger partial charge in [-0.2, -0.15) is 8.42 Å². The van der Waals surface area contributed by atoms with E-state index in [4.69, 9.17) is 4.55 Å².